The number of carbonyl (C=O) groups is 1. The van der Waals surface area contributed by atoms with Gasteiger partial charge in [-0.3, -0.25) is 4.79 Å². The van der Waals surface area contributed by atoms with E-state index >= 15 is 0 Å². The molecule has 0 amide bonds. The first kappa shape index (κ1) is 17.3. The lowest BCUT2D eigenvalue weighted by atomic mass is 9.95. The van der Waals surface area contributed by atoms with Gasteiger partial charge in [0, 0.05) is 5.92 Å². The third-order valence-corrected chi connectivity index (χ3v) is 7.57. The Morgan fingerprint density at radius 1 is 1.18 bits per heavy atom. The van der Waals surface area contributed by atoms with Crippen LogP contribution in [0.15, 0.2) is 30.3 Å². The van der Waals surface area contributed by atoms with Crippen LogP contribution in [0.25, 0.3) is 0 Å². The molecule has 0 radical (unpaired) electrons. The van der Waals surface area contributed by atoms with Crippen LogP contribution in [-0.4, -0.2) is 20.1 Å². The Morgan fingerprint density at radius 3 is 2.59 bits per heavy atom. The van der Waals surface area contributed by atoms with E-state index in [0.29, 0.717) is 12.3 Å². The number of ether oxygens (including phenoxy) is 1. The van der Waals surface area contributed by atoms with Crippen LogP contribution in [0.1, 0.15) is 44.6 Å². The van der Waals surface area contributed by atoms with Gasteiger partial charge in [0.15, 0.2) is 0 Å². The minimum atomic E-state index is -1.41. The fourth-order valence-corrected chi connectivity index (χ4v) is 6.57. The standard InChI is InChI=1S/C19H30O2Si/c1-4-5-7-12-17-13-19(20)21-18(17)15-22(2,3)14-16-10-8-6-9-11-16/h6,8-11,17-18H,4-5,7,12-15H2,1-3H3/t17-,18-/m0/s1. The topological polar surface area (TPSA) is 26.3 Å². The number of unbranched alkanes of at least 4 members (excludes halogenated alkanes) is 2. The van der Waals surface area contributed by atoms with Gasteiger partial charge >= 0.3 is 5.97 Å². The molecule has 1 aliphatic heterocycles. The zero-order chi connectivity index (χ0) is 16.0. The molecule has 1 aromatic carbocycles. The Morgan fingerprint density at radius 2 is 1.91 bits per heavy atom. The minimum Gasteiger partial charge on any atom is -0.462 e. The molecule has 1 saturated heterocycles. The van der Waals surface area contributed by atoms with Crippen molar-refractivity contribution in [2.24, 2.45) is 5.92 Å². The van der Waals surface area contributed by atoms with Crippen LogP contribution in [0, 0.1) is 5.92 Å². The molecule has 22 heavy (non-hydrogen) atoms. The predicted molar refractivity (Wildman–Crippen MR) is 94.6 cm³/mol. The molecule has 0 spiro atoms. The van der Waals surface area contributed by atoms with Gasteiger partial charge in [0.2, 0.25) is 0 Å². The third kappa shape index (κ3) is 5.27. The van der Waals surface area contributed by atoms with Gasteiger partial charge in [-0.1, -0.05) is 75.2 Å². The molecular formula is C19H30O2Si. The zero-order valence-electron chi connectivity index (χ0n) is 14.3. The Hall–Kier alpha value is -1.09. The first-order valence-corrected chi connectivity index (χ1v) is 12.1. The summed E-state index contributed by atoms with van der Waals surface area (Å²) in [7, 11) is -1.41. The van der Waals surface area contributed by atoms with E-state index in [2.05, 4.69) is 50.3 Å². The van der Waals surface area contributed by atoms with Crippen molar-refractivity contribution in [3.05, 3.63) is 35.9 Å². The molecule has 122 valence electrons. The summed E-state index contributed by atoms with van der Waals surface area (Å²) in [6.45, 7) is 7.08. The van der Waals surface area contributed by atoms with Gasteiger partial charge < -0.3 is 4.74 Å². The Labute approximate surface area is 136 Å². The number of hydrogen-bond acceptors (Lipinski definition) is 2. The van der Waals surface area contributed by atoms with Crippen molar-refractivity contribution < 1.29 is 9.53 Å². The van der Waals surface area contributed by atoms with Crippen LogP contribution in [0.2, 0.25) is 19.1 Å². The highest BCUT2D eigenvalue weighted by molar-refractivity contribution is 6.77. The molecule has 0 unspecified atom stereocenters. The molecule has 1 fully saturated rings. The molecule has 1 aromatic rings. The molecule has 0 aromatic heterocycles. The fourth-order valence-electron chi connectivity index (χ4n) is 3.58. The van der Waals surface area contributed by atoms with E-state index in [1.54, 1.807) is 0 Å². The van der Waals surface area contributed by atoms with E-state index < -0.39 is 8.07 Å². The van der Waals surface area contributed by atoms with E-state index in [4.69, 9.17) is 4.74 Å². The van der Waals surface area contributed by atoms with Gasteiger partial charge in [-0.15, -0.1) is 0 Å². The molecule has 0 N–H and O–H groups in total. The largest absolute Gasteiger partial charge is 0.462 e. The SMILES string of the molecule is CCCCC[C@H]1CC(=O)O[C@H]1C[Si](C)(C)Cc1ccccc1. The summed E-state index contributed by atoms with van der Waals surface area (Å²) in [6, 6.07) is 13.0. The fraction of sp³-hybridized carbons (Fsp3) is 0.632. The van der Waals surface area contributed by atoms with E-state index in [1.807, 2.05) is 0 Å². The normalized spacial score (nSPS) is 21.9. The number of cyclic esters (lactones) is 1. The van der Waals surface area contributed by atoms with E-state index in [9.17, 15) is 4.79 Å². The highest BCUT2D eigenvalue weighted by Gasteiger charge is 2.38. The Balaban J connectivity index is 1.92. The van der Waals surface area contributed by atoms with Crippen LogP contribution in [0.5, 0.6) is 0 Å². The monoisotopic (exact) mass is 318 g/mol. The van der Waals surface area contributed by atoms with Gasteiger partial charge in [0.05, 0.1) is 14.5 Å². The average Bonchev–Trinajstić information content (AvgIpc) is 2.79. The maximum atomic E-state index is 11.7. The van der Waals surface area contributed by atoms with Gasteiger partial charge in [-0.05, 0) is 18.5 Å². The van der Waals surface area contributed by atoms with Crippen molar-refractivity contribution in [2.75, 3.05) is 0 Å². The average molecular weight is 319 g/mol. The summed E-state index contributed by atoms with van der Waals surface area (Å²) < 4.78 is 5.67. The van der Waals surface area contributed by atoms with Crippen molar-refractivity contribution in [3.8, 4) is 0 Å². The van der Waals surface area contributed by atoms with Crippen molar-refractivity contribution >= 4 is 14.0 Å². The quantitative estimate of drug-likeness (QED) is 0.383. The molecule has 2 rings (SSSR count). The highest BCUT2D eigenvalue weighted by Crippen LogP contribution is 2.33. The lowest BCUT2D eigenvalue weighted by Gasteiger charge is -2.28. The maximum Gasteiger partial charge on any atom is 0.306 e. The summed E-state index contributed by atoms with van der Waals surface area (Å²) in [6.07, 6.45) is 5.71. The van der Waals surface area contributed by atoms with Gasteiger partial charge in [-0.2, -0.15) is 0 Å². The van der Waals surface area contributed by atoms with Crippen molar-refractivity contribution in [2.45, 2.75) is 70.3 Å². The van der Waals surface area contributed by atoms with Crippen LogP contribution in [0.3, 0.4) is 0 Å². The first-order valence-electron chi connectivity index (χ1n) is 8.73. The van der Waals surface area contributed by atoms with Crippen LogP contribution in [0.4, 0.5) is 0 Å². The van der Waals surface area contributed by atoms with Crippen molar-refractivity contribution in [3.63, 3.8) is 0 Å². The number of rotatable bonds is 8. The van der Waals surface area contributed by atoms with Crippen molar-refractivity contribution in [1.82, 2.24) is 0 Å². The number of esters is 1. The molecule has 1 aliphatic rings. The van der Waals surface area contributed by atoms with Crippen LogP contribution in [-0.2, 0) is 15.6 Å². The lowest BCUT2D eigenvalue weighted by molar-refractivity contribution is -0.140. The molecule has 2 atom stereocenters. The summed E-state index contributed by atoms with van der Waals surface area (Å²) >= 11 is 0. The second kappa shape index (κ2) is 7.96. The molecule has 0 saturated carbocycles. The van der Waals surface area contributed by atoms with Gasteiger partial charge in [0.1, 0.15) is 6.10 Å². The van der Waals surface area contributed by atoms with Crippen LogP contribution < -0.4 is 0 Å². The molecule has 1 heterocycles. The summed E-state index contributed by atoms with van der Waals surface area (Å²) in [5.74, 6) is 0.484. The molecule has 0 aliphatic carbocycles. The lowest BCUT2D eigenvalue weighted by Crippen LogP contribution is -2.36. The smallest absolute Gasteiger partial charge is 0.306 e. The van der Waals surface area contributed by atoms with E-state index in [1.165, 1.54) is 30.9 Å². The Kier molecular flexibility index (Phi) is 6.24. The summed E-state index contributed by atoms with van der Waals surface area (Å²) in [4.78, 5) is 11.7. The maximum absolute atomic E-state index is 11.7. The molecule has 2 nitrogen and oxygen atoms in total. The zero-order valence-corrected chi connectivity index (χ0v) is 15.3. The second-order valence-corrected chi connectivity index (χ2v) is 12.6. The number of carbonyl (C=O) groups excluding carboxylic acids is 1. The minimum absolute atomic E-state index is 0.0241. The van der Waals surface area contributed by atoms with E-state index in [-0.39, 0.29) is 12.1 Å². The summed E-state index contributed by atoms with van der Waals surface area (Å²) in [5.41, 5.74) is 1.42. The van der Waals surface area contributed by atoms with Crippen LogP contribution >= 0.6 is 0 Å². The summed E-state index contributed by atoms with van der Waals surface area (Å²) in [5, 5.41) is 0. The van der Waals surface area contributed by atoms with Gasteiger partial charge in [-0.25, -0.2) is 0 Å². The number of hydrogen-bond donors (Lipinski definition) is 0. The molecule has 3 heteroatoms. The number of benzene rings is 1. The van der Waals surface area contributed by atoms with Gasteiger partial charge in [0.25, 0.3) is 0 Å². The third-order valence-electron chi connectivity index (χ3n) is 4.70. The highest BCUT2D eigenvalue weighted by atomic mass is 28.3. The molecule has 0 bridgehead atoms. The Bertz CT molecular complexity index is 470. The first-order chi connectivity index (χ1) is 10.5. The van der Waals surface area contributed by atoms with E-state index in [0.717, 1.165) is 12.5 Å². The van der Waals surface area contributed by atoms with Crippen molar-refractivity contribution in [1.29, 1.82) is 0 Å². The second-order valence-electron chi connectivity index (χ2n) is 7.52. The predicted octanol–water partition coefficient (Wildman–Crippen LogP) is 4.99. The molecular weight excluding hydrogens is 288 g/mol.